The molecule has 96 valence electrons. The number of nitrogens with one attached hydrogen (secondary N) is 1. The summed E-state index contributed by atoms with van der Waals surface area (Å²) < 4.78 is 6.73. The number of aromatic carboxylic acids is 1. The second-order valence-corrected chi connectivity index (χ2v) is 4.09. The van der Waals surface area contributed by atoms with E-state index in [4.69, 9.17) is 9.52 Å². The molecule has 2 aromatic rings. The van der Waals surface area contributed by atoms with Crippen LogP contribution in [0, 0.1) is 0 Å². The average Bonchev–Trinajstić information content (AvgIpc) is 2.96. The number of carboxylic acids is 1. The van der Waals surface area contributed by atoms with Crippen molar-refractivity contribution < 1.29 is 14.3 Å². The second-order valence-electron chi connectivity index (χ2n) is 4.09. The van der Waals surface area contributed by atoms with Crippen molar-refractivity contribution in [3.63, 3.8) is 0 Å². The zero-order valence-electron chi connectivity index (χ0n) is 10.0. The Kier molecular flexibility index (Phi) is 3.78. The molecule has 1 unspecified atom stereocenters. The zero-order chi connectivity index (χ0) is 13.0. The van der Waals surface area contributed by atoms with E-state index in [0.29, 0.717) is 12.1 Å². The van der Waals surface area contributed by atoms with Gasteiger partial charge in [0.2, 0.25) is 5.76 Å². The number of rotatable bonds is 6. The molecule has 0 aromatic carbocycles. The van der Waals surface area contributed by atoms with Crippen LogP contribution in [0.5, 0.6) is 0 Å². The molecule has 0 saturated carbocycles. The highest BCUT2D eigenvalue weighted by molar-refractivity contribution is 5.86. The minimum absolute atomic E-state index is 0.00575. The minimum Gasteiger partial charge on any atom is -0.475 e. The van der Waals surface area contributed by atoms with Crippen LogP contribution < -0.4 is 5.32 Å². The van der Waals surface area contributed by atoms with Crippen LogP contribution in [0.2, 0.25) is 0 Å². The van der Waals surface area contributed by atoms with Crippen molar-refractivity contribution in [1.29, 1.82) is 0 Å². The van der Waals surface area contributed by atoms with Gasteiger partial charge in [-0.2, -0.15) is 5.10 Å². The lowest BCUT2D eigenvalue weighted by molar-refractivity contribution is 0.0660. The van der Waals surface area contributed by atoms with Crippen molar-refractivity contribution in [2.24, 2.45) is 0 Å². The molecule has 0 aliphatic rings. The molecule has 6 heteroatoms. The molecule has 0 aliphatic carbocycles. The van der Waals surface area contributed by atoms with Crippen molar-refractivity contribution in [2.45, 2.75) is 26.1 Å². The fourth-order valence-corrected chi connectivity index (χ4v) is 1.70. The Labute approximate surface area is 104 Å². The Morgan fingerprint density at radius 1 is 1.67 bits per heavy atom. The van der Waals surface area contributed by atoms with Gasteiger partial charge in [-0.3, -0.25) is 4.68 Å². The Hall–Kier alpha value is -2.08. The average molecular weight is 249 g/mol. The summed E-state index contributed by atoms with van der Waals surface area (Å²) in [6.45, 7) is 3.20. The summed E-state index contributed by atoms with van der Waals surface area (Å²) in [5, 5.41) is 16.2. The van der Waals surface area contributed by atoms with Crippen molar-refractivity contribution in [1.82, 2.24) is 15.1 Å². The van der Waals surface area contributed by atoms with Crippen molar-refractivity contribution in [2.75, 3.05) is 0 Å². The Morgan fingerprint density at radius 3 is 3.17 bits per heavy atom. The Bertz CT molecular complexity index is 504. The third-order valence-corrected chi connectivity index (χ3v) is 2.60. The second kappa shape index (κ2) is 5.50. The Balaban J connectivity index is 1.87. The van der Waals surface area contributed by atoms with Crippen LogP contribution in [0.3, 0.4) is 0 Å². The van der Waals surface area contributed by atoms with Crippen LogP contribution in [-0.2, 0) is 13.1 Å². The summed E-state index contributed by atoms with van der Waals surface area (Å²) in [6, 6.07) is 3.71. The fraction of sp³-hybridized carbons (Fsp3) is 0.333. The monoisotopic (exact) mass is 249 g/mol. The molecule has 0 saturated heterocycles. The first-order valence-corrected chi connectivity index (χ1v) is 5.67. The van der Waals surface area contributed by atoms with Crippen LogP contribution in [0.1, 0.15) is 23.0 Å². The number of nitrogens with zero attached hydrogens (tertiary/aromatic N) is 2. The summed E-state index contributed by atoms with van der Waals surface area (Å²) in [4.78, 5) is 10.8. The van der Waals surface area contributed by atoms with Gasteiger partial charge in [-0.1, -0.05) is 0 Å². The normalized spacial score (nSPS) is 12.5. The van der Waals surface area contributed by atoms with E-state index in [1.54, 1.807) is 12.3 Å². The molecule has 2 aromatic heterocycles. The number of furan rings is 1. The molecular formula is C12H15N3O3. The van der Waals surface area contributed by atoms with Gasteiger partial charge < -0.3 is 14.8 Å². The summed E-state index contributed by atoms with van der Waals surface area (Å²) in [7, 11) is 0. The van der Waals surface area contributed by atoms with Gasteiger partial charge in [-0.25, -0.2) is 4.79 Å². The number of carboxylic acid groups (broad SMARTS) is 1. The van der Waals surface area contributed by atoms with E-state index in [1.165, 1.54) is 6.26 Å². The lowest BCUT2D eigenvalue weighted by Crippen LogP contribution is -2.30. The highest BCUT2D eigenvalue weighted by atomic mass is 16.4. The SMILES string of the molecule is CC(Cn1cccn1)NCc1ccoc1C(=O)O. The maximum atomic E-state index is 10.8. The van der Waals surface area contributed by atoms with Gasteiger partial charge >= 0.3 is 5.97 Å². The summed E-state index contributed by atoms with van der Waals surface area (Å²) in [5.74, 6) is -1.05. The molecule has 0 amide bonds. The molecule has 2 N–H and O–H groups in total. The molecule has 1 atom stereocenters. The standard InChI is InChI=1S/C12H15N3O3/c1-9(8-15-5-2-4-14-15)13-7-10-3-6-18-11(10)12(16)17/h2-6,9,13H,7-8H2,1H3,(H,16,17). The van der Waals surface area contributed by atoms with Crippen LogP contribution in [0.4, 0.5) is 0 Å². The van der Waals surface area contributed by atoms with Gasteiger partial charge in [0.15, 0.2) is 0 Å². The lowest BCUT2D eigenvalue weighted by Gasteiger charge is -2.13. The summed E-state index contributed by atoms with van der Waals surface area (Å²) in [6.07, 6.45) is 5.00. The van der Waals surface area contributed by atoms with E-state index >= 15 is 0 Å². The molecule has 6 nitrogen and oxygen atoms in total. The highest BCUT2D eigenvalue weighted by Crippen LogP contribution is 2.10. The van der Waals surface area contributed by atoms with Gasteiger partial charge in [-0.05, 0) is 19.1 Å². The first-order valence-electron chi connectivity index (χ1n) is 5.67. The topological polar surface area (TPSA) is 80.3 Å². The van der Waals surface area contributed by atoms with E-state index in [2.05, 4.69) is 10.4 Å². The number of hydrogen-bond acceptors (Lipinski definition) is 4. The molecule has 0 spiro atoms. The summed E-state index contributed by atoms with van der Waals surface area (Å²) >= 11 is 0. The van der Waals surface area contributed by atoms with E-state index in [-0.39, 0.29) is 11.8 Å². The van der Waals surface area contributed by atoms with Crippen molar-refractivity contribution in [3.8, 4) is 0 Å². The van der Waals surface area contributed by atoms with Crippen LogP contribution in [0.25, 0.3) is 0 Å². The predicted octanol–water partition coefficient (Wildman–Crippen LogP) is 1.35. The first kappa shape index (κ1) is 12.4. The predicted molar refractivity (Wildman–Crippen MR) is 64.2 cm³/mol. The van der Waals surface area contributed by atoms with Crippen LogP contribution >= 0.6 is 0 Å². The van der Waals surface area contributed by atoms with E-state index in [9.17, 15) is 4.79 Å². The zero-order valence-corrected chi connectivity index (χ0v) is 10.0. The van der Waals surface area contributed by atoms with Gasteiger partial charge in [0, 0.05) is 30.5 Å². The molecule has 2 rings (SSSR count). The first-order chi connectivity index (χ1) is 8.66. The Morgan fingerprint density at radius 2 is 2.50 bits per heavy atom. The molecule has 0 aliphatic heterocycles. The van der Waals surface area contributed by atoms with Gasteiger partial charge in [-0.15, -0.1) is 0 Å². The van der Waals surface area contributed by atoms with E-state index < -0.39 is 5.97 Å². The van der Waals surface area contributed by atoms with E-state index in [1.807, 2.05) is 23.9 Å². The van der Waals surface area contributed by atoms with Gasteiger partial charge in [0.25, 0.3) is 0 Å². The smallest absolute Gasteiger partial charge is 0.372 e. The molecule has 2 heterocycles. The maximum Gasteiger partial charge on any atom is 0.372 e. The maximum absolute atomic E-state index is 10.8. The minimum atomic E-state index is -1.04. The number of aromatic nitrogens is 2. The molecule has 18 heavy (non-hydrogen) atoms. The van der Waals surface area contributed by atoms with E-state index in [0.717, 1.165) is 6.54 Å². The van der Waals surface area contributed by atoms with Gasteiger partial charge in [0.05, 0.1) is 12.8 Å². The molecular weight excluding hydrogens is 234 g/mol. The van der Waals surface area contributed by atoms with Crippen molar-refractivity contribution >= 4 is 5.97 Å². The molecule has 0 bridgehead atoms. The van der Waals surface area contributed by atoms with Crippen molar-refractivity contribution in [3.05, 3.63) is 42.1 Å². The highest BCUT2D eigenvalue weighted by Gasteiger charge is 2.14. The van der Waals surface area contributed by atoms with Gasteiger partial charge in [0.1, 0.15) is 0 Å². The third-order valence-electron chi connectivity index (χ3n) is 2.60. The quantitative estimate of drug-likeness (QED) is 0.807. The number of carbonyl (C=O) groups is 1. The molecule has 0 radical (unpaired) electrons. The van der Waals surface area contributed by atoms with Crippen LogP contribution in [-0.4, -0.2) is 26.9 Å². The fourth-order valence-electron chi connectivity index (χ4n) is 1.70. The summed E-state index contributed by atoms with van der Waals surface area (Å²) in [5.41, 5.74) is 0.648. The third kappa shape index (κ3) is 2.98. The lowest BCUT2D eigenvalue weighted by atomic mass is 10.2. The molecule has 0 fully saturated rings. The van der Waals surface area contributed by atoms with Crippen LogP contribution in [0.15, 0.2) is 35.2 Å². The number of hydrogen-bond donors (Lipinski definition) is 2. The largest absolute Gasteiger partial charge is 0.475 e.